The molecule has 5 nitrogen and oxygen atoms in total. The monoisotopic (exact) mass is 303 g/mol. The van der Waals surface area contributed by atoms with Gasteiger partial charge >= 0.3 is 6.18 Å². The summed E-state index contributed by atoms with van der Waals surface area (Å²) in [6.45, 7) is 4.66. The minimum Gasteiger partial charge on any atom is -0.369 e. The molecule has 3 N–H and O–H groups in total. The third-order valence-corrected chi connectivity index (χ3v) is 3.92. The number of nitrogens with two attached hydrogens (primary N) is 1. The molecule has 21 heavy (non-hydrogen) atoms. The van der Waals surface area contributed by atoms with E-state index in [1.165, 1.54) is 0 Å². The number of piperidine rings is 1. The van der Waals surface area contributed by atoms with Gasteiger partial charge in [-0.3, -0.25) is 0 Å². The van der Waals surface area contributed by atoms with Gasteiger partial charge < -0.3 is 16.0 Å². The summed E-state index contributed by atoms with van der Waals surface area (Å²) in [4.78, 5) is 9.29. The van der Waals surface area contributed by atoms with Gasteiger partial charge in [-0.2, -0.15) is 18.2 Å². The highest BCUT2D eigenvalue weighted by Gasteiger charge is 2.34. The van der Waals surface area contributed by atoms with Crippen molar-refractivity contribution in [2.24, 2.45) is 5.41 Å². The van der Waals surface area contributed by atoms with Crippen LogP contribution < -0.4 is 11.1 Å². The standard InChI is InChI=1S/C13H20F3N5/c1-12(3-5-21(2)6-4-12)8-18-10-7-9(13(14,15)16)19-11(17)20-10/h7H,3-6,8H2,1-2H3,(H3,17,18,19,20). The van der Waals surface area contributed by atoms with Gasteiger partial charge in [0.15, 0.2) is 5.69 Å². The van der Waals surface area contributed by atoms with Gasteiger partial charge in [0, 0.05) is 12.6 Å². The normalized spacial score (nSPS) is 19.5. The molecule has 0 aliphatic carbocycles. The van der Waals surface area contributed by atoms with Gasteiger partial charge in [-0.05, 0) is 38.4 Å². The molecule has 2 heterocycles. The summed E-state index contributed by atoms with van der Waals surface area (Å²) in [6.07, 6.45) is -2.54. The van der Waals surface area contributed by atoms with Gasteiger partial charge in [-0.1, -0.05) is 6.92 Å². The van der Waals surface area contributed by atoms with E-state index in [1.807, 2.05) is 0 Å². The van der Waals surface area contributed by atoms with Crippen molar-refractivity contribution < 1.29 is 13.2 Å². The van der Waals surface area contributed by atoms with Crippen molar-refractivity contribution in [1.29, 1.82) is 0 Å². The Balaban J connectivity index is 2.05. The van der Waals surface area contributed by atoms with Crippen LogP contribution in [-0.2, 0) is 6.18 Å². The van der Waals surface area contributed by atoms with Crippen LogP contribution in [0.4, 0.5) is 24.9 Å². The van der Waals surface area contributed by atoms with E-state index < -0.39 is 11.9 Å². The number of anilines is 2. The Labute approximate surface area is 121 Å². The zero-order chi connectivity index (χ0) is 15.7. The van der Waals surface area contributed by atoms with Crippen LogP contribution in [0.25, 0.3) is 0 Å². The second-order valence-electron chi connectivity index (χ2n) is 5.96. The lowest BCUT2D eigenvalue weighted by molar-refractivity contribution is -0.141. The van der Waals surface area contributed by atoms with E-state index in [2.05, 4.69) is 34.2 Å². The topological polar surface area (TPSA) is 67.1 Å². The molecule has 0 atom stereocenters. The molecule has 0 amide bonds. The summed E-state index contributed by atoms with van der Waals surface area (Å²) >= 11 is 0. The highest BCUT2D eigenvalue weighted by molar-refractivity contribution is 5.41. The summed E-state index contributed by atoms with van der Waals surface area (Å²) in [5.41, 5.74) is 4.37. The maximum atomic E-state index is 12.7. The fourth-order valence-electron chi connectivity index (χ4n) is 2.34. The highest BCUT2D eigenvalue weighted by atomic mass is 19.4. The summed E-state index contributed by atoms with van der Waals surface area (Å²) < 4.78 is 38.0. The molecular weight excluding hydrogens is 283 g/mol. The first-order valence-corrected chi connectivity index (χ1v) is 6.82. The average molecular weight is 303 g/mol. The predicted molar refractivity (Wildman–Crippen MR) is 74.8 cm³/mol. The molecule has 0 spiro atoms. The number of hydrogen-bond donors (Lipinski definition) is 2. The maximum Gasteiger partial charge on any atom is 0.433 e. The van der Waals surface area contributed by atoms with Crippen molar-refractivity contribution in [3.8, 4) is 0 Å². The maximum absolute atomic E-state index is 12.7. The lowest BCUT2D eigenvalue weighted by Gasteiger charge is -2.38. The van der Waals surface area contributed by atoms with Gasteiger partial charge in [-0.25, -0.2) is 4.98 Å². The second-order valence-corrected chi connectivity index (χ2v) is 5.96. The first kappa shape index (κ1) is 15.8. The largest absolute Gasteiger partial charge is 0.433 e. The van der Waals surface area contributed by atoms with E-state index in [9.17, 15) is 13.2 Å². The van der Waals surface area contributed by atoms with E-state index in [-0.39, 0.29) is 17.2 Å². The van der Waals surface area contributed by atoms with Gasteiger partial charge in [0.25, 0.3) is 0 Å². The molecule has 0 radical (unpaired) electrons. The summed E-state index contributed by atoms with van der Waals surface area (Å²) in [5.74, 6) is -0.254. The highest BCUT2D eigenvalue weighted by Crippen LogP contribution is 2.32. The van der Waals surface area contributed by atoms with Gasteiger partial charge in [0.2, 0.25) is 5.95 Å². The minimum absolute atomic E-state index is 0.0462. The van der Waals surface area contributed by atoms with E-state index >= 15 is 0 Å². The molecule has 118 valence electrons. The Morgan fingerprint density at radius 3 is 2.52 bits per heavy atom. The molecule has 0 saturated carbocycles. The van der Waals surface area contributed by atoms with Crippen molar-refractivity contribution in [2.75, 3.05) is 37.7 Å². The molecule has 0 unspecified atom stereocenters. The van der Waals surface area contributed by atoms with Crippen LogP contribution in [0.1, 0.15) is 25.5 Å². The van der Waals surface area contributed by atoms with Crippen LogP contribution >= 0.6 is 0 Å². The number of nitrogens with zero attached hydrogens (tertiary/aromatic N) is 3. The van der Waals surface area contributed by atoms with Crippen molar-refractivity contribution in [2.45, 2.75) is 25.9 Å². The third kappa shape index (κ3) is 4.20. The minimum atomic E-state index is -4.52. The van der Waals surface area contributed by atoms with E-state index in [0.717, 1.165) is 32.0 Å². The van der Waals surface area contributed by atoms with Crippen molar-refractivity contribution in [3.63, 3.8) is 0 Å². The van der Waals surface area contributed by atoms with Crippen LogP contribution in [0.15, 0.2) is 6.07 Å². The molecule has 1 fully saturated rings. The SMILES string of the molecule is CN1CCC(C)(CNc2cc(C(F)(F)F)nc(N)n2)CC1. The van der Waals surface area contributed by atoms with Gasteiger partial charge in [0.05, 0.1) is 0 Å². The Morgan fingerprint density at radius 2 is 1.95 bits per heavy atom. The molecule has 2 rings (SSSR count). The molecule has 1 aliphatic heterocycles. The van der Waals surface area contributed by atoms with Gasteiger partial charge in [-0.15, -0.1) is 0 Å². The molecule has 1 saturated heterocycles. The van der Waals surface area contributed by atoms with E-state index in [4.69, 9.17) is 5.73 Å². The fourth-order valence-corrected chi connectivity index (χ4v) is 2.34. The van der Waals surface area contributed by atoms with Gasteiger partial charge in [0.1, 0.15) is 5.82 Å². The molecule has 0 aromatic carbocycles. The molecule has 8 heteroatoms. The van der Waals surface area contributed by atoms with Crippen molar-refractivity contribution in [3.05, 3.63) is 11.8 Å². The van der Waals surface area contributed by atoms with Crippen LogP contribution in [0.2, 0.25) is 0 Å². The Morgan fingerprint density at radius 1 is 1.33 bits per heavy atom. The molecule has 1 aromatic rings. The van der Waals surface area contributed by atoms with Crippen molar-refractivity contribution >= 4 is 11.8 Å². The van der Waals surface area contributed by atoms with Crippen LogP contribution in [0.5, 0.6) is 0 Å². The number of likely N-dealkylation sites (tertiary alicyclic amines) is 1. The zero-order valence-electron chi connectivity index (χ0n) is 12.2. The molecule has 1 aromatic heterocycles. The van der Waals surface area contributed by atoms with Crippen LogP contribution in [0.3, 0.4) is 0 Å². The number of nitrogen functional groups attached to an aromatic ring is 1. The number of rotatable bonds is 3. The quantitative estimate of drug-likeness (QED) is 0.896. The molecule has 0 bridgehead atoms. The first-order valence-electron chi connectivity index (χ1n) is 6.82. The Kier molecular flexibility index (Phi) is 4.27. The second kappa shape index (κ2) is 5.67. The zero-order valence-corrected chi connectivity index (χ0v) is 12.2. The Bertz CT molecular complexity index is 495. The lowest BCUT2D eigenvalue weighted by Crippen LogP contribution is -2.40. The molecular formula is C13H20F3N5. The van der Waals surface area contributed by atoms with Crippen molar-refractivity contribution in [1.82, 2.24) is 14.9 Å². The van der Waals surface area contributed by atoms with Crippen LogP contribution in [0, 0.1) is 5.41 Å². The third-order valence-electron chi connectivity index (χ3n) is 3.92. The Hall–Kier alpha value is -1.57. The first-order chi connectivity index (χ1) is 9.68. The van der Waals surface area contributed by atoms with Crippen LogP contribution in [-0.4, -0.2) is 41.5 Å². The summed E-state index contributed by atoms with van der Waals surface area (Å²) in [6, 6.07) is 0.897. The smallest absolute Gasteiger partial charge is 0.369 e. The number of alkyl halides is 3. The fraction of sp³-hybridized carbons (Fsp3) is 0.692. The number of aromatic nitrogens is 2. The number of hydrogen-bond acceptors (Lipinski definition) is 5. The number of nitrogens with one attached hydrogen (secondary N) is 1. The number of halogens is 3. The summed E-state index contributed by atoms with van der Waals surface area (Å²) in [7, 11) is 2.06. The van der Waals surface area contributed by atoms with E-state index in [0.29, 0.717) is 6.54 Å². The lowest BCUT2D eigenvalue weighted by atomic mass is 9.80. The molecule has 1 aliphatic rings. The van der Waals surface area contributed by atoms with E-state index in [1.54, 1.807) is 0 Å². The summed E-state index contributed by atoms with van der Waals surface area (Å²) in [5, 5.41) is 2.97. The predicted octanol–water partition coefficient (Wildman–Crippen LogP) is 2.22. The average Bonchev–Trinajstić information content (AvgIpc) is 2.39.